The van der Waals surface area contributed by atoms with Crippen molar-refractivity contribution in [2.45, 2.75) is 46.0 Å². The van der Waals surface area contributed by atoms with Crippen LogP contribution in [0.25, 0.3) is 0 Å². The summed E-state index contributed by atoms with van der Waals surface area (Å²) < 4.78 is 4.41. The zero-order chi connectivity index (χ0) is 9.99. The Labute approximate surface area is 76.8 Å². The van der Waals surface area contributed by atoms with Crippen molar-refractivity contribution in [1.82, 2.24) is 0 Å². The molecule has 0 saturated carbocycles. The van der Waals surface area contributed by atoms with Gasteiger partial charge >= 0.3 is 0 Å². The van der Waals surface area contributed by atoms with Crippen LogP contribution >= 0.6 is 0 Å². The highest BCUT2D eigenvalue weighted by Crippen LogP contribution is 2.14. The summed E-state index contributed by atoms with van der Waals surface area (Å²) in [6.45, 7) is 12.3. The lowest BCUT2D eigenvalue weighted by atomic mass is 9.94. The lowest BCUT2D eigenvalue weighted by Gasteiger charge is -2.24. The van der Waals surface area contributed by atoms with Gasteiger partial charge in [0.1, 0.15) is 0 Å². The predicted octanol–water partition coefficient (Wildman–Crippen LogP) is 2.30. The second-order valence-corrected chi connectivity index (χ2v) is 9.41. The van der Waals surface area contributed by atoms with Crippen LogP contribution in [0.3, 0.4) is 0 Å². The van der Waals surface area contributed by atoms with Gasteiger partial charge in [0.05, 0.1) is 5.60 Å². The highest BCUT2D eigenvalue weighted by Gasteiger charge is 2.23. The number of hydrogen-bond donors (Lipinski definition) is 1. The van der Waals surface area contributed by atoms with Crippen LogP contribution in [0.1, 0.15) is 20.8 Å². The Morgan fingerprint density at radius 3 is 2.00 bits per heavy atom. The normalized spacial score (nSPS) is 18.7. The van der Waals surface area contributed by atoms with Gasteiger partial charge in [0, 0.05) is 6.21 Å². The molecular weight excluding hydrogens is 166 g/mol. The first-order chi connectivity index (χ1) is 5.15. The summed E-state index contributed by atoms with van der Waals surface area (Å²) in [6, 6.07) is 0. The van der Waals surface area contributed by atoms with Gasteiger partial charge in [-0.1, -0.05) is 13.8 Å². The summed E-state index contributed by atoms with van der Waals surface area (Å²) >= 11 is 0. The third kappa shape index (κ3) is 4.67. The molecule has 1 atom stereocenters. The summed E-state index contributed by atoms with van der Waals surface area (Å²) in [5.74, 6) is 0.220. The molecule has 0 aliphatic carbocycles. The summed E-state index contributed by atoms with van der Waals surface area (Å²) in [4.78, 5) is 0. The second kappa shape index (κ2) is 3.71. The first kappa shape index (κ1) is 11.8. The smallest absolute Gasteiger partial charge is 0.171 e. The number of aliphatic hydroxyl groups is 1. The average Bonchev–Trinajstić information content (AvgIpc) is 1.82. The van der Waals surface area contributed by atoms with E-state index in [1.54, 1.807) is 13.1 Å². The molecule has 1 N–H and O–H groups in total. The summed E-state index contributed by atoms with van der Waals surface area (Å²) in [6.07, 6.45) is 1.71. The summed E-state index contributed by atoms with van der Waals surface area (Å²) in [5.41, 5.74) is -0.750. The maximum absolute atomic E-state index is 9.83. The Bertz CT molecular complexity index is 168. The molecule has 0 spiro atoms. The molecule has 0 radical (unpaired) electrons. The predicted molar refractivity (Wildman–Crippen MR) is 57.3 cm³/mol. The number of hydrogen-bond acceptors (Lipinski definition) is 2. The molecule has 0 aliphatic rings. The van der Waals surface area contributed by atoms with Crippen LogP contribution in [0.15, 0.2) is 4.66 Å². The first-order valence-electron chi connectivity index (χ1n) is 4.44. The molecule has 0 aromatic heterocycles. The molecule has 3 heteroatoms. The zero-order valence-corrected chi connectivity index (χ0v) is 10.0. The lowest BCUT2D eigenvalue weighted by molar-refractivity contribution is 0.0881. The molecule has 72 valence electrons. The van der Waals surface area contributed by atoms with Gasteiger partial charge in [-0.15, -0.1) is 0 Å². The van der Waals surface area contributed by atoms with Crippen LogP contribution in [0.5, 0.6) is 0 Å². The van der Waals surface area contributed by atoms with Gasteiger partial charge in [0.15, 0.2) is 8.24 Å². The van der Waals surface area contributed by atoms with Gasteiger partial charge in [-0.2, -0.15) is 0 Å². The van der Waals surface area contributed by atoms with E-state index >= 15 is 0 Å². The van der Waals surface area contributed by atoms with Gasteiger partial charge in [0.2, 0.25) is 0 Å². The fourth-order valence-corrected chi connectivity index (χ4v) is 1.12. The number of rotatable bonds is 3. The minimum absolute atomic E-state index is 0.220. The van der Waals surface area contributed by atoms with Gasteiger partial charge in [-0.25, -0.2) is 0 Å². The van der Waals surface area contributed by atoms with Crippen LogP contribution in [0.4, 0.5) is 0 Å². The molecule has 0 heterocycles. The summed E-state index contributed by atoms with van der Waals surface area (Å²) in [5, 5.41) is 9.83. The maximum Gasteiger partial charge on any atom is 0.171 e. The van der Waals surface area contributed by atoms with E-state index in [4.69, 9.17) is 0 Å². The van der Waals surface area contributed by atoms with Crippen molar-refractivity contribution in [2.24, 2.45) is 10.6 Å². The molecule has 0 amide bonds. The number of nitrogens with zero attached hydrogens (tertiary/aromatic N) is 1. The van der Waals surface area contributed by atoms with Crippen molar-refractivity contribution in [2.75, 3.05) is 0 Å². The third-order valence-corrected chi connectivity index (χ3v) is 2.79. The molecule has 0 bridgehead atoms. The third-order valence-electron chi connectivity index (χ3n) is 1.88. The largest absolute Gasteiger partial charge is 0.384 e. The van der Waals surface area contributed by atoms with Crippen molar-refractivity contribution < 1.29 is 5.11 Å². The van der Waals surface area contributed by atoms with Gasteiger partial charge in [-0.3, -0.25) is 0 Å². The van der Waals surface area contributed by atoms with Crippen molar-refractivity contribution >= 4 is 14.5 Å². The molecule has 0 rings (SSSR count). The van der Waals surface area contributed by atoms with E-state index in [1.807, 2.05) is 13.8 Å². The van der Waals surface area contributed by atoms with Gasteiger partial charge in [0.25, 0.3) is 0 Å². The van der Waals surface area contributed by atoms with Crippen LogP contribution in [-0.4, -0.2) is 25.2 Å². The Morgan fingerprint density at radius 2 is 1.75 bits per heavy atom. The fourth-order valence-electron chi connectivity index (χ4n) is 0.473. The zero-order valence-electron chi connectivity index (χ0n) is 9.05. The SMILES string of the molecule is CC(C)C(C)(O)C=N[Si](C)(C)C. The Balaban J connectivity index is 4.34. The lowest BCUT2D eigenvalue weighted by Crippen LogP contribution is -2.34. The maximum atomic E-state index is 9.83. The quantitative estimate of drug-likeness (QED) is 0.534. The van der Waals surface area contributed by atoms with Gasteiger partial charge in [-0.05, 0) is 32.5 Å². The molecule has 1 unspecified atom stereocenters. The first-order valence-corrected chi connectivity index (χ1v) is 7.88. The molecule has 0 fully saturated rings. The Hall–Kier alpha value is -0.153. The second-order valence-electron chi connectivity index (χ2n) is 4.81. The summed E-state index contributed by atoms with van der Waals surface area (Å²) in [7, 11) is -1.40. The van der Waals surface area contributed by atoms with Crippen molar-refractivity contribution in [3.05, 3.63) is 0 Å². The van der Waals surface area contributed by atoms with Gasteiger partial charge < -0.3 is 9.76 Å². The van der Waals surface area contributed by atoms with Crippen LogP contribution in [-0.2, 0) is 0 Å². The fraction of sp³-hybridized carbons (Fsp3) is 0.889. The Kier molecular flexibility index (Phi) is 3.66. The van der Waals surface area contributed by atoms with Crippen molar-refractivity contribution in [3.8, 4) is 0 Å². The highest BCUT2D eigenvalue weighted by atomic mass is 28.3. The minimum Gasteiger partial charge on any atom is -0.384 e. The van der Waals surface area contributed by atoms with E-state index < -0.39 is 13.8 Å². The van der Waals surface area contributed by atoms with Crippen LogP contribution < -0.4 is 0 Å². The van der Waals surface area contributed by atoms with Crippen molar-refractivity contribution in [3.63, 3.8) is 0 Å². The molecule has 2 nitrogen and oxygen atoms in total. The van der Waals surface area contributed by atoms with Crippen LogP contribution in [0.2, 0.25) is 19.6 Å². The topological polar surface area (TPSA) is 32.6 Å². The molecule has 0 aliphatic heterocycles. The Morgan fingerprint density at radius 1 is 1.33 bits per heavy atom. The molecule has 12 heavy (non-hydrogen) atoms. The highest BCUT2D eigenvalue weighted by molar-refractivity contribution is 6.75. The van der Waals surface area contributed by atoms with Crippen LogP contribution in [0, 0.1) is 5.92 Å². The molecule has 0 aromatic rings. The van der Waals surface area contributed by atoms with E-state index in [-0.39, 0.29) is 5.92 Å². The standard InChI is InChI=1S/C9H21NOSi/c1-8(2)9(3,11)7-10-12(4,5)6/h7-8,11H,1-6H3. The average molecular weight is 187 g/mol. The monoisotopic (exact) mass is 187 g/mol. The van der Waals surface area contributed by atoms with E-state index in [2.05, 4.69) is 24.3 Å². The molecule has 0 saturated heterocycles. The molecule has 0 aromatic carbocycles. The van der Waals surface area contributed by atoms with E-state index in [9.17, 15) is 5.11 Å². The molecular formula is C9H21NOSi. The van der Waals surface area contributed by atoms with E-state index in [0.717, 1.165) is 0 Å². The van der Waals surface area contributed by atoms with E-state index in [0.29, 0.717) is 0 Å². The minimum atomic E-state index is -1.40. The van der Waals surface area contributed by atoms with E-state index in [1.165, 1.54) is 0 Å². The van der Waals surface area contributed by atoms with Crippen molar-refractivity contribution in [1.29, 1.82) is 0 Å².